The van der Waals surface area contributed by atoms with E-state index in [2.05, 4.69) is 10.6 Å². The van der Waals surface area contributed by atoms with Crippen molar-refractivity contribution >= 4 is 106 Å². The number of aliphatic carboxylic acids is 3. The molecular weight excluding hydrogens is 999 g/mol. The zero-order valence-corrected chi connectivity index (χ0v) is 44.6. The molecule has 2 heterocycles. The summed E-state index contributed by atoms with van der Waals surface area (Å²) in [6.45, 7) is 1.93. The number of ether oxygens (including phenoxy) is 4. The number of hydrogen-bond donors (Lipinski definition) is 5. The molecule has 0 saturated carbocycles. The summed E-state index contributed by atoms with van der Waals surface area (Å²) in [5, 5.41) is 33.5. The van der Waals surface area contributed by atoms with E-state index in [1.165, 1.54) is 50.0 Å². The number of carboxylic acids is 3. The number of ketones is 2. The molecule has 6 N–H and O–H groups in total. The van der Waals surface area contributed by atoms with Crippen LogP contribution in [0.15, 0.2) is 0 Å². The number of nitrogens with one attached hydrogen (secondary N) is 3. The second-order valence-electron chi connectivity index (χ2n) is 16.4. The Hall–Kier alpha value is -1.41. The van der Waals surface area contributed by atoms with Gasteiger partial charge in [-0.15, -0.1) is 0 Å². The van der Waals surface area contributed by atoms with Gasteiger partial charge in [0.05, 0.1) is 44.0 Å². The number of rotatable bonds is 46. The minimum atomic E-state index is -1.15. The topological polar surface area (TPSA) is 265 Å². The van der Waals surface area contributed by atoms with Gasteiger partial charge in [0.1, 0.15) is 19.0 Å². The van der Waals surface area contributed by atoms with E-state index in [-0.39, 0.29) is 115 Å². The average molecular weight is 1080 g/mol. The molecule has 68 heavy (non-hydrogen) atoms. The first kappa shape index (κ1) is 64.6. The third kappa shape index (κ3) is 41.2. The second kappa shape index (κ2) is 44.3. The second-order valence-corrected chi connectivity index (χ2v) is 25.9. The Morgan fingerprint density at radius 1 is 0.485 bits per heavy atom. The van der Waals surface area contributed by atoms with Crippen LogP contribution in [0.3, 0.4) is 0 Å². The van der Waals surface area contributed by atoms with Crippen molar-refractivity contribution in [2.45, 2.75) is 163 Å². The highest BCUT2D eigenvalue weighted by Crippen LogP contribution is 2.83. The molecule has 394 valence electrons. The van der Waals surface area contributed by atoms with Crippen LogP contribution < -0.4 is 10.6 Å². The summed E-state index contributed by atoms with van der Waals surface area (Å²) in [6, 6.07) is -1.14. The Morgan fingerprint density at radius 3 is 1.54 bits per heavy atom. The van der Waals surface area contributed by atoms with Gasteiger partial charge < -0.3 is 50.6 Å². The molecule has 17 nitrogen and oxygen atoms in total. The summed E-state index contributed by atoms with van der Waals surface area (Å²) < 4.78 is 21.9. The zero-order valence-electron chi connectivity index (χ0n) is 39.7. The molecule has 2 atom stereocenters. The van der Waals surface area contributed by atoms with Gasteiger partial charge in [0.15, 0.2) is 8.53 Å². The quantitative estimate of drug-likeness (QED) is 0.0216. The standard InChI is InChI=1S/C43H76N3O14.C2H2S6/c44-38(43(55)56)20-15-16-24-45-40(50)34-60-31-28-57-26-17-19-37(48)33-59-30-29-58-27-25-46-39(49)23-22-35(42(53)54)32-36(47)18-13-11-9-7-5-3-1-2-4-6-8-10-12-14-21-41(51)52;1-3-5-2(6-4-1)7-8-2/h35,38,44H,1-34H2,(H,45,50)(H,46,49)(H,51,52)(H,53,54)(H,55,56);1H2/q-1;/t35-,38+;/m1./s1. The van der Waals surface area contributed by atoms with Gasteiger partial charge in [-0.1, -0.05) is 133 Å². The molecule has 1 spiro atoms. The molecular formula is C45H78N3O14S6-. The Morgan fingerprint density at radius 2 is 1.00 bits per heavy atom. The van der Waals surface area contributed by atoms with Gasteiger partial charge >= 0.3 is 11.9 Å². The molecule has 2 aliphatic heterocycles. The fraction of sp³-hybridized carbons (Fsp3) is 0.844. The fourth-order valence-electron chi connectivity index (χ4n) is 6.49. The zero-order chi connectivity index (χ0) is 49.9. The van der Waals surface area contributed by atoms with Gasteiger partial charge in [0.2, 0.25) is 11.8 Å². The SMILES string of the molecule is C1SSC2(SS1)SS2.[NH-][C@@H](CCCCNC(=O)COCCOCCCC(=O)COCCOCCNC(=O)CC[C@H](CC(=O)CCCCCCCCCCCCCCCCC(=O)O)C(=O)O)C(=O)O. The third-order valence-corrected chi connectivity index (χ3v) is 23.3. The molecule has 0 aromatic carbocycles. The van der Waals surface area contributed by atoms with Crippen molar-refractivity contribution in [2.75, 3.05) is 71.0 Å². The molecule has 2 amide bonds. The van der Waals surface area contributed by atoms with Crippen LogP contribution in [0.25, 0.3) is 5.73 Å². The van der Waals surface area contributed by atoms with Gasteiger partial charge in [-0.25, -0.2) is 0 Å². The van der Waals surface area contributed by atoms with Gasteiger partial charge in [-0.05, 0) is 59.7 Å². The predicted molar refractivity (Wildman–Crippen MR) is 278 cm³/mol. The predicted octanol–water partition coefficient (Wildman–Crippen LogP) is 9.80. The Kier molecular flexibility index (Phi) is 42.1. The third-order valence-electron chi connectivity index (χ3n) is 10.4. The monoisotopic (exact) mass is 1080 g/mol. The number of hydrogen-bond acceptors (Lipinski definition) is 17. The summed E-state index contributed by atoms with van der Waals surface area (Å²) in [5.74, 6) is -4.60. The first-order valence-corrected chi connectivity index (χ1v) is 30.9. The summed E-state index contributed by atoms with van der Waals surface area (Å²) >= 11 is 0. The smallest absolute Gasteiger partial charge is 0.306 e. The molecule has 0 aromatic heterocycles. The van der Waals surface area contributed by atoms with Gasteiger partial charge in [0, 0.05) is 51.8 Å². The molecule has 2 fully saturated rings. The van der Waals surface area contributed by atoms with Crippen LogP contribution in [-0.2, 0) is 52.5 Å². The molecule has 2 saturated heterocycles. The molecule has 0 radical (unpaired) electrons. The average Bonchev–Trinajstić information content (AvgIpc) is 4.06. The highest BCUT2D eigenvalue weighted by atomic mass is 33.2. The lowest BCUT2D eigenvalue weighted by molar-refractivity contribution is -0.144. The van der Waals surface area contributed by atoms with E-state index in [9.17, 15) is 38.7 Å². The van der Waals surface area contributed by atoms with E-state index < -0.39 is 29.9 Å². The van der Waals surface area contributed by atoms with Crippen molar-refractivity contribution < 1.29 is 67.8 Å². The van der Waals surface area contributed by atoms with Crippen LogP contribution in [-0.4, -0.2) is 136 Å². The van der Waals surface area contributed by atoms with Crippen LogP contribution >= 0.6 is 64.8 Å². The Labute approximate surface area is 427 Å². The van der Waals surface area contributed by atoms with Crippen molar-refractivity contribution in [3.8, 4) is 0 Å². The largest absolute Gasteiger partial charge is 0.665 e. The summed E-state index contributed by atoms with van der Waals surface area (Å²) in [5.41, 5.74) is 7.31. The molecule has 0 aromatic rings. The van der Waals surface area contributed by atoms with Gasteiger partial charge in [-0.3, -0.25) is 33.6 Å². The lowest BCUT2D eigenvalue weighted by Crippen LogP contribution is -2.29. The van der Waals surface area contributed by atoms with Crippen molar-refractivity contribution in [2.24, 2.45) is 5.92 Å². The van der Waals surface area contributed by atoms with E-state index in [1.807, 2.05) is 64.8 Å². The Balaban J connectivity index is 0.00000256. The van der Waals surface area contributed by atoms with Crippen LogP contribution in [0.2, 0.25) is 0 Å². The minimum Gasteiger partial charge on any atom is -0.665 e. The first-order chi connectivity index (χ1) is 32.8. The molecule has 2 rings (SSSR count). The van der Waals surface area contributed by atoms with E-state index in [0.29, 0.717) is 41.6 Å². The highest BCUT2D eigenvalue weighted by Gasteiger charge is 2.50. The summed E-state index contributed by atoms with van der Waals surface area (Å²) in [4.78, 5) is 81.2. The van der Waals surface area contributed by atoms with E-state index in [1.54, 1.807) is 0 Å². The fourth-order valence-corrected chi connectivity index (χ4v) is 19.5. The molecule has 0 unspecified atom stereocenters. The molecule has 23 heteroatoms. The van der Waals surface area contributed by atoms with Crippen molar-refractivity contribution in [1.29, 1.82) is 0 Å². The number of amides is 2. The highest BCUT2D eigenvalue weighted by molar-refractivity contribution is 9.14. The van der Waals surface area contributed by atoms with Crippen molar-refractivity contribution in [3.63, 3.8) is 0 Å². The minimum absolute atomic E-state index is 0.00205. The lowest BCUT2D eigenvalue weighted by atomic mass is 9.94. The van der Waals surface area contributed by atoms with Crippen LogP contribution in [0, 0.1) is 5.92 Å². The number of unbranched alkanes of at least 4 members (excludes halogenated alkanes) is 14. The van der Waals surface area contributed by atoms with Crippen LogP contribution in [0.5, 0.6) is 0 Å². The summed E-state index contributed by atoms with van der Waals surface area (Å²) in [7, 11) is 12.0. The maximum Gasteiger partial charge on any atom is 0.306 e. The van der Waals surface area contributed by atoms with Gasteiger partial charge in [-0.2, -0.15) is 0 Å². The normalized spacial score (nSPS) is 14.6. The number of Topliss-reactive ketones (excluding diaryl/α,β-unsaturated/α-hetero) is 2. The van der Waals surface area contributed by atoms with Crippen molar-refractivity contribution in [1.82, 2.24) is 10.6 Å². The van der Waals surface area contributed by atoms with E-state index >= 15 is 0 Å². The Bertz CT molecular complexity index is 1400. The maximum absolute atomic E-state index is 12.4. The van der Waals surface area contributed by atoms with Crippen LogP contribution in [0.4, 0.5) is 0 Å². The van der Waals surface area contributed by atoms with E-state index in [0.717, 1.165) is 44.9 Å². The molecule has 2 aliphatic rings. The number of carboxylic acid groups (broad SMARTS) is 3. The molecule has 0 aliphatic carbocycles. The molecule has 0 bridgehead atoms. The first-order valence-electron chi connectivity index (χ1n) is 24.1. The maximum atomic E-state index is 12.4. The number of carbonyl (C=O) groups is 7. The lowest BCUT2D eigenvalue weighted by Gasteiger charge is -2.13. The summed E-state index contributed by atoms with van der Waals surface area (Å²) in [6.07, 6.45) is 18.0. The van der Waals surface area contributed by atoms with Gasteiger partial charge in [0.25, 0.3) is 5.97 Å². The van der Waals surface area contributed by atoms with Crippen molar-refractivity contribution in [3.05, 3.63) is 5.73 Å². The van der Waals surface area contributed by atoms with Crippen LogP contribution in [0.1, 0.15) is 154 Å². The van der Waals surface area contributed by atoms with E-state index in [4.69, 9.17) is 34.9 Å². The number of carbonyl (C=O) groups excluding carboxylic acids is 4.